The Balaban J connectivity index is 1.49. The molecule has 162 valence electrons. The van der Waals surface area contributed by atoms with Crippen LogP contribution in [0, 0.1) is 13.8 Å². The Labute approximate surface area is 183 Å². The average Bonchev–Trinajstić information content (AvgIpc) is 2.76. The molecule has 31 heavy (non-hydrogen) atoms. The molecule has 7 heteroatoms. The van der Waals surface area contributed by atoms with Crippen molar-refractivity contribution in [2.75, 3.05) is 13.1 Å². The Bertz CT molecular complexity index is 1140. The molecule has 0 aliphatic rings. The van der Waals surface area contributed by atoms with E-state index < -0.39 is 10.0 Å². The summed E-state index contributed by atoms with van der Waals surface area (Å²) in [6.07, 6.45) is 0. The summed E-state index contributed by atoms with van der Waals surface area (Å²) in [6.45, 7) is 4.58. The van der Waals surface area contributed by atoms with Crippen LogP contribution in [0.25, 0.3) is 0 Å². The first-order valence-corrected chi connectivity index (χ1v) is 11.4. The van der Waals surface area contributed by atoms with E-state index in [1.54, 1.807) is 48.5 Å². The van der Waals surface area contributed by atoms with Crippen molar-refractivity contribution in [1.29, 1.82) is 0 Å². The van der Waals surface area contributed by atoms with Gasteiger partial charge in [-0.05, 0) is 49.7 Å². The highest BCUT2D eigenvalue weighted by Crippen LogP contribution is 2.16. The van der Waals surface area contributed by atoms with Crippen LogP contribution in [0.1, 0.15) is 27.0 Å². The maximum absolute atomic E-state index is 12.4. The summed E-state index contributed by atoms with van der Waals surface area (Å²) < 4.78 is 32.8. The molecule has 0 atom stereocenters. The van der Waals surface area contributed by atoms with Crippen molar-refractivity contribution >= 4 is 15.9 Å². The molecule has 0 aliphatic heterocycles. The minimum absolute atomic E-state index is 0.0888. The number of carbonyl (C=O) groups excluding carboxylic acids is 1. The molecule has 0 saturated carbocycles. The zero-order chi connectivity index (χ0) is 22.3. The molecule has 0 radical (unpaired) electrons. The van der Waals surface area contributed by atoms with Crippen LogP contribution in [0.3, 0.4) is 0 Å². The largest absolute Gasteiger partial charge is 0.489 e. The Morgan fingerprint density at radius 1 is 0.871 bits per heavy atom. The Kier molecular flexibility index (Phi) is 7.44. The number of carbonyl (C=O) groups is 1. The molecular formula is C24H26N2O4S. The Hall–Kier alpha value is -3.16. The predicted octanol–water partition coefficient (Wildman–Crippen LogP) is 3.59. The smallest absolute Gasteiger partial charge is 0.251 e. The lowest BCUT2D eigenvalue weighted by Crippen LogP contribution is -2.34. The van der Waals surface area contributed by atoms with Crippen molar-refractivity contribution < 1.29 is 17.9 Å². The molecule has 0 bridgehead atoms. The summed E-state index contributed by atoms with van der Waals surface area (Å²) in [6, 6.07) is 21.5. The fraction of sp³-hybridized carbons (Fsp3) is 0.208. The molecule has 0 aromatic heterocycles. The van der Waals surface area contributed by atoms with E-state index in [1.165, 1.54) is 0 Å². The number of aryl methyl sites for hydroxylation is 2. The fourth-order valence-corrected chi connectivity index (χ4v) is 3.99. The number of benzene rings is 3. The van der Waals surface area contributed by atoms with E-state index in [9.17, 15) is 13.2 Å². The van der Waals surface area contributed by atoms with E-state index in [1.807, 2.05) is 38.1 Å². The summed E-state index contributed by atoms with van der Waals surface area (Å²) in [5, 5.41) is 2.72. The molecule has 3 aromatic carbocycles. The van der Waals surface area contributed by atoms with Crippen LogP contribution in [-0.4, -0.2) is 27.4 Å². The van der Waals surface area contributed by atoms with Gasteiger partial charge in [0.1, 0.15) is 12.4 Å². The molecule has 2 N–H and O–H groups in total. The minimum Gasteiger partial charge on any atom is -0.489 e. The van der Waals surface area contributed by atoms with Gasteiger partial charge in [0.15, 0.2) is 0 Å². The summed E-state index contributed by atoms with van der Waals surface area (Å²) in [7, 11) is -3.60. The zero-order valence-electron chi connectivity index (χ0n) is 17.6. The summed E-state index contributed by atoms with van der Waals surface area (Å²) in [4.78, 5) is 12.6. The zero-order valence-corrected chi connectivity index (χ0v) is 18.4. The standard InChI is InChI=1S/C24H26N2O4S/c1-18-9-11-23(12-10-18)31(28,29)26-14-13-25-24(27)21-7-4-8-22(16-21)30-17-20-6-3-5-19(2)15-20/h3-12,15-16,26H,13-14,17H2,1-2H3,(H,25,27). The quantitative estimate of drug-likeness (QED) is 0.500. The van der Waals surface area contributed by atoms with Gasteiger partial charge in [-0.1, -0.05) is 53.6 Å². The Morgan fingerprint density at radius 2 is 1.61 bits per heavy atom. The molecule has 3 rings (SSSR count). The Morgan fingerprint density at radius 3 is 2.35 bits per heavy atom. The van der Waals surface area contributed by atoms with Crippen molar-refractivity contribution in [2.24, 2.45) is 0 Å². The van der Waals surface area contributed by atoms with Crippen molar-refractivity contribution in [3.05, 3.63) is 95.1 Å². The highest BCUT2D eigenvalue weighted by molar-refractivity contribution is 7.89. The van der Waals surface area contributed by atoms with Gasteiger partial charge in [-0.3, -0.25) is 4.79 Å². The second-order valence-electron chi connectivity index (χ2n) is 7.27. The van der Waals surface area contributed by atoms with Crippen LogP contribution in [-0.2, 0) is 16.6 Å². The molecule has 0 spiro atoms. The van der Waals surface area contributed by atoms with Crippen molar-refractivity contribution in [1.82, 2.24) is 10.0 Å². The van der Waals surface area contributed by atoms with Crippen molar-refractivity contribution in [2.45, 2.75) is 25.3 Å². The first kappa shape index (κ1) is 22.5. The maximum atomic E-state index is 12.4. The highest BCUT2D eigenvalue weighted by atomic mass is 32.2. The van der Waals surface area contributed by atoms with Crippen LogP contribution in [0.5, 0.6) is 5.75 Å². The van der Waals surface area contributed by atoms with Crippen molar-refractivity contribution in [3.63, 3.8) is 0 Å². The van der Waals surface area contributed by atoms with Gasteiger partial charge < -0.3 is 10.1 Å². The monoisotopic (exact) mass is 438 g/mol. The topological polar surface area (TPSA) is 84.5 Å². The van der Waals surface area contributed by atoms with Gasteiger partial charge in [0.2, 0.25) is 10.0 Å². The SMILES string of the molecule is Cc1ccc(S(=O)(=O)NCCNC(=O)c2cccc(OCc3cccc(C)c3)c2)cc1. The lowest BCUT2D eigenvalue weighted by molar-refractivity contribution is 0.0954. The molecule has 0 heterocycles. The van der Waals surface area contributed by atoms with Gasteiger partial charge in [0.05, 0.1) is 4.90 Å². The third-order valence-electron chi connectivity index (χ3n) is 4.62. The van der Waals surface area contributed by atoms with E-state index in [0.29, 0.717) is 17.9 Å². The third-order valence-corrected chi connectivity index (χ3v) is 6.10. The van der Waals surface area contributed by atoms with Crippen LogP contribution >= 0.6 is 0 Å². The number of amides is 1. The van der Waals surface area contributed by atoms with Gasteiger partial charge in [-0.2, -0.15) is 0 Å². The first-order valence-electron chi connectivity index (χ1n) is 9.96. The molecule has 3 aromatic rings. The maximum Gasteiger partial charge on any atom is 0.251 e. The van der Waals surface area contributed by atoms with Gasteiger partial charge >= 0.3 is 0 Å². The second-order valence-corrected chi connectivity index (χ2v) is 9.04. The number of rotatable bonds is 9. The van der Waals surface area contributed by atoms with Gasteiger partial charge in [-0.25, -0.2) is 13.1 Å². The minimum atomic E-state index is -3.60. The third kappa shape index (κ3) is 6.67. The summed E-state index contributed by atoms with van der Waals surface area (Å²) in [5.74, 6) is 0.296. The number of nitrogens with one attached hydrogen (secondary N) is 2. The van der Waals surface area contributed by atoms with E-state index in [0.717, 1.165) is 16.7 Å². The van der Waals surface area contributed by atoms with E-state index in [2.05, 4.69) is 10.0 Å². The number of hydrogen-bond donors (Lipinski definition) is 2. The molecular weight excluding hydrogens is 412 g/mol. The number of hydrogen-bond acceptors (Lipinski definition) is 4. The molecule has 0 saturated heterocycles. The number of ether oxygens (including phenoxy) is 1. The van der Waals surface area contributed by atoms with Crippen LogP contribution in [0.15, 0.2) is 77.7 Å². The van der Waals surface area contributed by atoms with Crippen molar-refractivity contribution in [3.8, 4) is 5.75 Å². The first-order chi connectivity index (χ1) is 14.8. The lowest BCUT2D eigenvalue weighted by Gasteiger charge is -2.10. The van der Waals surface area contributed by atoms with Crippen LogP contribution in [0.4, 0.5) is 0 Å². The van der Waals surface area contributed by atoms with Gasteiger partial charge in [0.25, 0.3) is 5.91 Å². The van der Waals surface area contributed by atoms with E-state index in [4.69, 9.17) is 4.74 Å². The molecule has 6 nitrogen and oxygen atoms in total. The average molecular weight is 439 g/mol. The molecule has 0 fully saturated rings. The fourth-order valence-electron chi connectivity index (χ4n) is 2.96. The van der Waals surface area contributed by atoms with Crippen LogP contribution < -0.4 is 14.8 Å². The predicted molar refractivity (Wildman–Crippen MR) is 121 cm³/mol. The normalized spacial score (nSPS) is 11.2. The van der Waals surface area contributed by atoms with Crippen LogP contribution in [0.2, 0.25) is 0 Å². The summed E-state index contributed by atoms with van der Waals surface area (Å²) in [5.41, 5.74) is 3.64. The van der Waals surface area contributed by atoms with E-state index in [-0.39, 0.29) is 23.9 Å². The lowest BCUT2D eigenvalue weighted by atomic mass is 10.1. The molecule has 1 amide bonds. The van der Waals surface area contributed by atoms with E-state index >= 15 is 0 Å². The second kappa shape index (κ2) is 10.2. The van der Waals surface area contributed by atoms with Gasteiger partial charge in [0, 0.05) is 18.7 Å². The molecule has 0 unspecified atom stereocenters. The molecule has 0 aliphatic carbocycles. The highest BCUT2D eigenvalue weighted by Gasteiger charge is 2.13. The number of sulfonamides is 1. The van der Waals surface area contributed by atoms with Gasteiger partial charge in [-0.15, -0.1) is 0 Å². The summed E-state index contributed by atoms with van der Waals surface area (Å²) >= 11 is 0.